The Bertz CT molecular complexity index is 1070. The number of carbonyl (C=O) groups is 1. The summed E-state index contributed by atoms with van der Waals surface area (Å²) >= 11 is 5.69. The Kier molecular flexibility index (Phi) is 5.13. The molecule has 3 N–H and O–H groups in total. The molecule has 0 spiro atoms. The van der Waals surface area contributed by atoms with Crippen molar-refractivity contribution < 1.29 is 9.90 Å². The van der Waals surface area contributed by atoms with Crippen molar-refractivity contribution in [1.82, 2.24) is 4.98 Å². The van der Waals surface area contributed by atoms with E-state index < -0.39 is 5.56 Å². The zero-order valence-electron chi connectivity index (χ0n) is 12.5. The summed E-state index contributed by atoms with van der Waals surface area (Å²) < 4.78 is 1.85. The van der Waals surface area contributed by atoms with E-state index in [0.29, 0.717) is 20.1 Å². The van der Waals surface area contributed by atoms with E-state index in [0.717, 1.165) is 10.5 Å². The maximum atomic E-state index is 12.1. The van der Waals surface area contributed by atoms with Gasteiger partial charge in [-0.15, -0.1) is 23.1 Å². The van der Waals surface area contributed by atoms with Gasteiger partial charge in [-0.1, -0.05) is 22.0 Å². The summed E-state index contributed by atoms with van der Waals surface area (Å²) in [5.41, 5.74) is 0.739. The molecule has 3 rings (SSSR count). The zero-order chi connectivity index (χ0) is 18.0. The van der Waals surface area contributed by atoms with Crippen LogP contribution in [0.1, 0.15) is 5.56 Å². The van der Waals surface area contributed by atoms with E-state index >= 15 is 0 Å². The molecule has 1 aromatic carbocycles. The predicted molar refractivity (Wildman–Crippen MR) is 102 cm³/mol. The van der Waals surface area contributed by atoms with Gasteiger partial charge in [-0.05, 0) is 18.2 Å². The first kappa shape index (κ1) is 17.5. The highest BCUT2D eigenvalue weighted by atomic mass is 79.9. The quantitative estimate of drug-likeness (QED) is 0.542. The number of halogens is 1. The van der Waals surface area contributed by atoms with E-state index in [2.05, 4.69) is 26.2 Å². The highest BCUT2D eigenvalue weighted by Crippen LogP contribution is 2.39. The van der Waals surface area contributed by atoms with Crippen LogP contribution in [0.2, 0.25) is 0 Å². The average Bonchev–Trinajstić information content (AvgIpc) is 2.90. The molecule has 0 bridgehead atoms. The molecule has 1 amide bonds. The highest BCUT2D eigenvalue weighted by molar-refractivity contribution is 9.10. The Morgan fingerprint density at radius 3 is 2.96 bits per heavy atom. The van der Waals surface area contributed by atoms with Crippen LogP contribution in [-0.2, 0) is 4.79 Å². The van der Waals surface area contributed by atoms with Gasteiger partial charge in [-0.2, -0.15) is 5.26 Å². The Morgan fingerprint density at radius 1 is 1.44 bits per heavy atom. The molecule has 25 heavy (non-hydrogen) atoms. The van der Waals surface area contributed by atoms with E-state index in [9.17, 15) is 20.0 Å². The van der Waals surface area contributed by atoms with E-state index in [1.807, 2.05) is 18.2 Å². The van der Waals surface area contributed by atoms with Crippen molar-refractivity contribution in [2.24, 2.45) is 0 Å². The van der Waals surface area contributed by atoms with E-state index in [1.165, 1.54) is 23.1 Å². The number of thiophene rings is 1. The second-order valence-electron chi connectivity index (χ2n) is 4.95. The number of pyridine rings is 1. The molecule has 0 unspecified atom stereocenters. The number of rotatable bonds is 4. The van der Waals surface area contributed by atoms with Crippen LogP contribution >= 0.6 is 39.0 Å². The van der Waals surface area contributed by atoms with Crippen LogP contribution in [0.15, 0.2) is 43.8 Å². The van der Waals surface area contributed by atoms with Crippen molar-refractivity contribution in [3.05, 3.63) is 50.7 Å². The van der Waals surface area contributed by atoms with Gasteiger partial charge in [0.05, 0.1) is 20.2 Å². The number of aromatic hydroxyl groups is 1. The summed E-state index contributed by atoms with van der Waals surface area (Å²) in [6.45, 7) is 0. The molecule has 0 atom stereocenters. The fourth-order valence-corrected chi connectivity index (χ4v) is 4.70. The van der Waals surface area contributed by atoms with Gasteiger partial charge in [0.1, 0.15) is 17.4 Å². The topological polar surface area (TPSA) is 106 Å². The number of aromatic nitrogens is 1. The van der Waals surface area contributed by atoms with E-state index in [1.54, 1.807) is 12.1 Å². The molecule has 2 heterocycles. The van der Waals surface area contributed by atoms with Crippen molar-refractivity contribution >= 4 is 60.8 Å². The van der Waals surface area contributed by atoms with Crippen molar-refractivity contribution in [1.29, 1.82) is 5.26 Å². The van der Waals surface area contributed by atoms with Crippen molar-refractivity contribution in [2.75, 3.05) is 11.1 Å². The van der Waals surface area contributed by atoms with Gasteiger partial charge < -0.3 is 15.4 Å². The maximum Gasteiger partial charge on any atom is 0.252 e. The summed E-state index contributed by atoms with van der Waals surface area (Å²) in [5.74, 6) is -0.299. The fraction of sp³-hybridized carbons (Fsp3) is 0.0625. The van der Waals surface area contributed by atoms with Crippen LogP contribution in [0.3, 0.4) is 0 Å². The van der Waals surface area contributed by atoms with Gasteiger partial charge in [-0.25, -0.2) is 0 Å². The number of hydrogen-bond donors (Lipinski definition) is 3. The number of nitriles is 1. The monoisotopic (exact) mass is 435 g/mol. The number of thioether (sulfide) groups is 1. The standard InChI is InChI=1S/C16H10BrN3O3S2/c17-8-2-1-3-9(4-8)19-13(23)7-24-16-10(6-18)14-15(25-16)11(21)5-12(22)20-14/h1-5H,7H2,(H,19,23)(H2,20,21,22). The number of carbonyl (C=O) groups excluding carboxylic acids is 1. The van der Waals surface area contributed by atoms with Crippen LogP contribution in [0.5, 0.6) is 5.75 Å². The SMILES string of the molecule is N#Cc1c(SCC(=O)Nc2cccc(Br)c2)sc2c(O)cc(=O)[nH]c12. The number of hydrogen-bond acceptors (Lipinski definition) is 6. The first-order valence-electron chi connectivity index (χ1n) is 6.95. The Labute approximate surface area is 158 Å². The molecule has 3 aromatic rings. The molecular weight excluding hydrogens is 426 g/mol. The predicted octanol–water partition coefficient (Wildman–Crippen LogP) is 3.66. The molecule has 0 aliphatic heterocycles. The minimum absolute atomic E-state index is 0.0962. The second kappa shape index (κ2) is 7.31. The smallest absolute Gasteiger partial charge is 0.252 e. The van der Waals surface area contributed by atoms with Crippen molar-refractivity contribution in [2.45, 2.75) is 4.21 Å². The molecule has 126 valence electrons. The van der Waals surface area contributed by atoms with E-state index in [4.69, 9.17) is 0 Å². The molecule has 0 aliphatic carbocycles. The zero-order valence-corrected chi connectivity index (χ0v) is 15.7. The molecule has 6 nitrogen and oxygen atoms in total. The number of amides is 1. The van der Waals surface area contributed by atoms with Gasteiger partial charge >= 0.3 is 0 Å². The molecule has 0 saturated heterocycles. The lowest BCUT2D eigenvalue weighted by atomic mass is 10.3. The number of fused-ring (bicyclic) bond motifs is 1. The Hall–Kier alpha value is -2.28. The van der Waals surface area contributed by atoms with Crippen LogP contribution in [0, 0.1) is 11.3 Å². The summed E-state index contributed by atoms with van der Waals surface area (Å²) in [7, 11) is 0. The average molecular weight is 436 g/mol. The number of aromatic amines is 1. The molecule has 0 saturated carbocycles. The van der Waals surface area contributed by atoms with Gasteiger partial charge in [-0.3, -0.25) is 9.59 Å². The number of anilines is 1. The third-order valence-corrected chi connectivity index (χ3v) is 6.16. The first-order chi connectivity index (χ1) is 12.0. The Balaban J connectivity index is 1.79. The first-order valence-corrected chi connectivity index (χ1v) is 9.54. The lowest BCUT2D eigenvalue weighted by Gasteiger charge is -2.04. The van der Waals surface area contributed by atoms with E-state index in [-0.39, 0.29) is 23.0 Å². The number of nitrogens with zero attached hydrogens (tertiary/aromatic N) is 1. The normalized spacial score (nSPS) is 10.6. The van der Waals surface area contributed by atoms with Gasteiger partial charge in [0.25, 0.3) is 5.56 Å². The van der Waals surface area contributed by atoms with Gasteiger partial charge in [0.2, 0.25) is 5.91 Å². The molecule has 9 heteroatoms. The van der Waals surface area contributed by atoms with Crippen molar-refractivity contribution in [3.63, 3.8) is 0 Å². The Morgan fingerprint density at radius 2 is 2.24 bits per heavy atom. The number of nitrogens with one attached hydrogen (secondary N) is 2. The lowest BCUT2D eigenvalue weighted by molar-refractivity contribution is -0.113. The maximum absolute atomic E-state index is 12.1. The van der Waals surface area contributed by atoms with Gasteiger partial charge in [0, 0.05) is 16.2 Å². The largest absolute Gasteiger partial charge is 0.506 e. The molecular formula is C16H10BrN3O3S2. The molecule has 0 fully saturated rings. The third kappa shape index (κ3) is 3.87. The third-order valence-electron chi connectivity index (χ3n) is 3.18. The summed E-state index contributed by atoms with van der Waals surface area (Å²) in [6.07, 6.45) is 0. The molecule has 0 radical (unpaired) electrons. The van der Waals surface area contributed by atoms with Crippen LogP contribution in [0.4, 0.5) is 5.69 Å². The number of benzene rings is 1. The van der Waals surface area contributed by atoms with Crippen LogP contribution in [-0.4, -0.2) is 21.8 Å². The van der Waals surface area contributed by atoms with Crippen LogP contribution < -0.4 is 10.9 Å². The van der Waals surface area contributed by atoms with Crippen LogP contribution in [0.25, 0.3) is 10.2 Å². The minimum atomic E-state index is -0.483. The summed E-state index contributed by atoms with van der Waals surface area (Å²) in [4.78, 5) is 26.1. The highest BCUT2D eigenvalue weighted by Gasteiger charge is 2.17. The summed E-state index contributed by atoms with van der Waals surface area (Å²) in [5, 5.41) is 22.0. The minimum Gasteiger partial charge on any atom is -0.506 e. The molecule has 0 aliphatic rings. The van der Waals surface area contributed by atoms with Gasteiger partial charge in [0.15, 0.2) is 0 Å². The molecule has 2 aromatic heterocycles. The lowest BCUT2D eigenvalue weighted by Crippen LogP contribution is -2.13. The second-order valence-corrected chi connectivity index (χ2v) is 8.13. The summed E-state index contributed by atoms with van der Waals surface area (Å²) in [6, 6.07) is 10.3. The number of H-pyrrole nitrogens is 1. The fourth-order valence-electron chi connectivity index (χ4n) is 2.16. The van der Waals surface area contributed by atoms with Crippen molar-refractivity contribution in [3.8, 4) is 11.8 Å².